The van der Waals surface area contributed by atoms with Gasteiger partial charge in [0.05, 0.1) is 18.4 Å². The van der Waals surface area contributed by atoms with Gasteiger partial charge in [0.15, 0.2) is 0 Å². The Labute approximate surface area is 122 Å². The molecule has 3 rings (SSSR count). The molecule has 0 bridgehead atoms. The third-order valence-electron chi connectivity index (χ3n) is 3.25. The van der Waals surface area contributed by atoms with E-state index >= 15 is 0 Å². The minimum atomic E-state index is -0.361. The van der Waals surface area contributed by atoms with E-state index in [1.165, 1.54) is 7.11 Å². The number of aliphatic imine (C=N–C) groups is 1. The Kier molecular flexibility index (Phi) is 3.51. The topological polar surface area (TPSA) is 54.5 Å². The number of benzene rings is 1. The van der Waals surface area contributed by atoms with Crippen LogP contribution in [0.2, 0.25) is 0 Å². The van der Waals surface area contributed by atoms with E-state index in [0.717, 1.165) is 22.5 Å². The number of nitrogens with zero attached hydrogens (tertiary/aromatic N) is 1. The SMILES string of the molecule is COC(=O)c1c[nH]c(C(=C2C=CC=N2)c2ccccc2)c1. The summed E-state index contributed by atoms with van der Waals surface area (Å²) >= 11 is 0. The first-order chi connectivity index (χ1) is 10.3. The van der Waals surface area contributed by atoms with Crippen LogP contribution >= 0.6 is 0 Å². The fourth-order valence-corrected chi connectivity index (χ4v) is 2.27. The molecule has 2 aromatic rings. The van der Waals surface area contributed by atoms with Crippen LogP contribution in [0.25, 0.3) is 5.57 Å². The maximum absolute atomic E-state index is 11.6. The largest absolute Gasteiger partial charge is 0.465 e. The smallest absolute Gasteiger partial charge is 0.339 e. The molecule has 1 aromatic heterocycles. The normalized spacial score (nSPS) is 15.3. The van der Waals surface area contributed by atoms with Crippen LogP contribution in [0.4, 0.5) is 0 Å². The summed E-state index contributed by atoms with van der Waals surface area (Å²) in [5.41, 5.74) is 4.18. The van der Waals surface area contributed by atoms with E-state index in [1.807, 2.05) is 42.5 Å². The number of carbonyl (C=O) groups is 1. The molecule has 0 aliphatic carbocycles. The highest BCUT2D eigenvalue weighted by Crippen LogP contribution is 2.29. The van der Waals surface area contributed by atoms with E-state index in [1.54, 1.807) is 18.5 Å². The lowest BCUT2D eigenvalue weighted by Crippen LogP contribution is -1.98. The first-order valence-corrected chi connectivity index (χ1v) is 6.57. The van der Waals surface area contributed by atoms with Gasteiger partial charge < -0.3 is 9.72 Å². The van der Waals surface area contributed by atoms with Crippen LogP contribution in [0.15, 0.2) is 65.4 Å². The molecule has 1 N–H and O–H groups in total. The van der Waals surface area contributed by atoms with Gasteiger partial charge in [-0.25, -0.2) is 4.79 Å². The van der Waals surface area contributed by atoms with Gasteiger partial charge in [-0.05, 0) is 23.8 Å². The Morgan fingerprint density at radius 3 is 2.67 bits per heavy atom. The summed E-state index contributed by atoms with van der Waals surface area (Å²) in [6.07, 6.45) is 7.24. The molecule has 1 aromatic carbocycles. The van der Waals surface area contributed by atoms with Gasteiger partial charge in [-0.1, -0.05) is 30.3 Å². The lowest BCUT2D eigenvalue weighted by atomic mass is 10.0. The number of rotatable bonds is 3. The number of carbonyl (C=O) groups excluding carboxylic acids is 1. The van der Waals surface area contributed by atoms with Crippen molar-refractivity contribution in [3.8, 4) is 0 Å². The number of ether oxygens (including phenoxy) is 1. The molecule has 2 heterocycles. The Morgan fingerprint density at radius 1 is 1.19 bits per heavy atom. The molecule has 0 fully saturated rings. The molecule has 0 unspecified atom stereocenters. The molecule has 0 atom stereocenters. The molecule has 4 nitrogen and oxygen atoms in total. The Bertz CT molecular complexity index is 738. The van der Waals surface area contributed by atoms with Crippen molar-refractivity contribution in [2.75, 3.05) is 7.11 Å². The van der Waals surface area contributed by atoms with E-state index in [0.29, 0.717) is 5.56 Å². The summed E-state index contributed by atoms with van der Waals surface area (Å²) in [7, 11) is 1.37. The maximum atomic E-state index is 11.6. The number of nitrogens with one attached hydrogen (secondary N) is 1. The molecule has 1 aliphatic heterocycles. The molecule has 1 aliphatic rings. The number of methoxy groups -OCH3 is 1. The maximum Gasteiger partial charge on any atom is 0.339 e. The highest BCUT2D eigenvalue weighted by molar-refractivity contribution is 5.93. The summed E-state index contributed by atoms with van der Waals surface area (Å²) in [5, 5.41) is 0. The number of hydrogen-bond donors (Lipinski definition) is 1. The number of H-pyrrole nitrogens is 1. The van der Waals surface area contributed by atoms with Gasteiger partial charge in [0.1, 0.15) is 0 Å². The average Bonchev–Trinajstić information content (AvgIpc) is 3.20. The number of hydrogen-bond acceptors (Lipinski definition) is 3. The minimum absolute atomic E-state index is 0.361. The second-order valence-corrected chi connectivity index (χ2v) is 4.56. The van der Waals surface area contributed by atoms with Crippen LogP contribution in [0.1, 0.15) is 21.6 Å². The molecule has 0 spiro atoms. The van der Waals surface area contributed by atoms with Gasteiger partial charge >= 0.3 is 5.97 Å². The molecule has 4 heteroatoms. The summed E-state index contributed by atoms with van der Waals surface area (Å²) < 4.78 is 4.74. The van der Waals surface area contributed by atoms with E-state index in [-0.39, 0.29) is 5.97 Å². The molecule has 0 saturated heterocycles. The van der Waals surface area contributed by atoms with Crippen molar-refractivity contribution in [2.24, 2.45) is 4.99 Å². The van der Waals surface area contributed by atoms with Gasteiger partial charge in [0.25, 0.3) is 0 Å². The van der Waals surface area contributed by atoms with E-state index in [2.05, 4.69) is 9.98 Å². The molecule has 0 amide bonds. The molecule has 104 valence electrons. The lowest BCUT2D eigenvalue weighted by molar-refractivity contribution is 0.0601. The van der Waals surface area contributed by atoms with Crippen LogP contribution in [-0.2, 0) is 4.74 Å². The van der Waals surface area contributed by atoms with Crippen molar-refractivity contribution >= 4 is 17.8 Å². The zero-order valence-electron chi connectivity index (χ0n) is 11.5. The Balaban J connectivity index is 2.11. The van der Waals surface area contributed by atoms with Crippen molar-refractivity contribution < 1.29 is 9.53 Å². The second-order valence-electron chi connectivity index (χ2n) is 4.56. The molecular formula is C17H14N2O2. The van der Waals surface area contributed by atoms with Gasteiger partial charge in [-0.15, -0.1) is 0 Å². The third-order valence-corrected chi connectivity index (χ3v) is 3.25. The lowest BCUT2D eigenvalue weighted by Gasteiger charge is -2.07. The van der Waals surface area contributed by atoms with E-state index < -0.39 is 0 Å². The van der Waals surface area contributed by atoms with Gasteiger partial charge in [-0.3, -0.25) is 4.99 Å². The van der Waals surface area contributed by atoms with Gasteiger partial charge in [0, 0.05) is 23.7 Å². The standard InChI is InChI=1S/C17H14N2O2/c1-21-17(20)13-10-15(19-11-13)16(14-8-5-9-18-14)12-6-3-2-4-7-12/h2-11,19H,1H3. The van der Waals surface area contributed by atoms with Crippen LogP contribution in [0, 0.1) is 0 Å². The average molecular weight is 278 g/mol. The molecule has 21 heavy (non-hydrogen) atoms. The summed E-state index contributed by atoms with van der Waals surface area (Å²) in [5.74, 6) is -0.361. The third kappa shape index (κ3) is 2.56. The first-order valence-electron chi connectivity index (χ1n) is 6.57. The van der Waals surface area contributed by atoms with Crippen LogP contribution in [0.3, 0.4) is 0 Å². The molecule has 0 saturated carbocycles. The van der Waals surface area contributed by atoms with Gasteiger partial charge in [0.2, 0.25) is 0 Å². The van der Waals surface area contributed by atoms with Gasteiger partial charge in [-0.2, -0.15) is 0 Å². The zero-order valence-corrected chi connectivity index (χ0v) is 11.5. The monoisotopic (exact) mass is 278 g/mol. The number of aromatic amines is 1. The molecule has 0 radical (unpaired) electrons. The highest BCUT2D eigenvalue weighted by atomic mass is 16.5. The van der Waals surface area contributed by atoms with E-state index in [9.17, 15) is 4.79 Å². The predicted molar refractivity (Wildman–Crippen MR) is 82.2 cm³/mol. The minimum Gasteiger partial charge on any atom is -0.465 e. The van der Waals surface area contributed by atoms with Crippen LogP contribution in [0.5, 0.6) is 0 Å². The van der Waals surface area contributed by atoms with Crippen molar-refractivity contribution in [1.29, 1.82) is 0 Å². The number of allylic oxidation sites excluding steroid dienone is 2. The van der Waals surface area contributed by atoms with Crippen LogP contribution < -0.4 is 0 Å². The highest BCUT2D eigenvalue weighted by Gasteiger charge is 2.15. The Morgan fingerprint density at radius 2 is 2.00 bits per heavy atom. The second kappa shape index (κ2) is 5.63. The van der Waals surface area contributed by atoms with Crippen molar-refractivity contribution in [2.45, 2.75) is 0 Å². The summed E-state index contributed by atoms with van der Waals surface area (Å²) in [6, 6.07) is 11.7. The number of esters is 1. The van der Waals surface area contributed by atoms with Crippen molar-refractivity contribution in [3.05, 3.63) is 77.3 Å². The van der Waals surface area contributed by atoms with Crippen molar-refractivity contribution in [1.82, 2.24) is 4.98 Å². The quantitative estimate of drug-likeness (QED) is 0.876. The first kappa shape index (κ1) is 13.1. The van der Waals surface area contributed by atoms with Crippen molar-refractivity contribution in [3.63, 3.8) is 0 Å². The number of aromatic nitrogens is 1. The predicted octanol–water partition coefficient (Wildman–Crippen LogP) is 3.20. The van der Waals surface area contributed by atoms with E-state index in [4.69, 9.17) is 4.74 Å². The summed E-state index contributed by atoms with van der Waals surface area (Å²) in [4.78, 5) is 19.1. The summed E-state index contributed by atoms with van der Waals surface area (Å²) in [6.45, 7) is 0. The van der Waals surface area contributed by atoms with Crippen LogP contribution in [-0.4, -0.2) is 24.3 Å². The fraction of sp³-hybridized carbons (Fsp3) is 0.0588. The Hall–Kier alpha value is -2.88. The molecular weight excluding hydrogens is 264 g/mol. The zero-order chi connectivity index (χ0) is 14.7. The fourth-order valence-electron chi connectivity index (χ4n) is 2.27.